The van der Waals surface area contributed by atoms with Gasteiger partial charge in [0.15, 0.2) is 0 Å². The average molecular weight is 1200 g/mol. The van der Waals surface area contributed by atoms with Gasteiger partial charge in [0, 0.05) is 108 Å². The molecule has 0 aliphatic carbocycles. The van der Waals surface area contributed by atoms with E-state index in [4.69, 9.17) is 15.3 Å². The van der Waals surface area contributed by atoms with E-state index < -0.39 is 105 Å². The smallest absolute Gasteiger partial charge is 0.150 e. The van der Waals surface area contributed by atoms with Crippen LogP contribution in [0.5, 0.6) is 86.2 Å². The van der Waals surface area contributed by atoms with Crippen molar-refractivity contribution in [3.05, 3.63) is 156 Å². The van der Waals surface area contributed by atoms with Crippen molar-refractivity contribution in [2.45, 2.75) is 170 Å². The Balaban J connectivity index is 0.000000612. The fraction of sp³-hybridized carbons (Fsp3) is 0.371. The maximum atomic E-state index is 12.3. The van der Waals surface area contributed by atoms with Crippen molar-refractivity contribution in [1.82, 2.24) is 0 Å². The topological polar surface area (TPSA) is 338 Å². The molecule has 17 heteroatoms. The standard InChI is InChI=1S/C56H74O12.C8H6O2.C6H6O3/c1-21(2)31-45(57)32(22(3)4)50(62)41(49(31)61)39(42-51(63)33(23(5)6)46(58)34(24(7)8)52(42)64)29-17-19-30(20-18-29)40(43-53(65)35(25(9)10)47(59)36(26(11)12)54(43)66)44-55(67)37(27(13)14)48(60)38(28(15)16)56(44)68;9-5-7-1-2-8(6-10)4-3-7;7-4-1-5(8)3-6(9)2-4/h17-28,39-40,57-68H,1-16H3;1-6H;1-3,7-9H. The van der Waals surface area contributed by atoms with E-state index in [0.717, 1.165) is 30.8 Å². The summed E-state index contributed by atoms with van der Waals surface area (Å²) in [6.07, 6.45) is 1.49. The molecule has 17 nitrogen and oxygen atoms in total. The predicted molar refractivity (Wildman–Crippen MR) is 335 cm³/mol. The second-order valence-corrected chi connectivity index (χ2v) is 24.5. The second-order valence-electron chi connectivity index (χ2n) is 24.5. The SMILES string of the molecule is CC(C)c1c(O)c(C(C)C)c(O)c(C(c2ccc(C(c3c(O)c(C(C)C)c(O)c(C(C)C)c3O)c3c(O)c(C(C)C)c(O)c(C(C)C)c3O)cc2)c2c(O)c(C(C)C)c(O)c(C(C)C)c2O)c1O.O=Cc1ccc(C=O)cc1.Oc1cc(O)cc(O)c1. The van der Waals surface area contributed by atoms with Crippen molar-refractivity contribution in [1.29, 1.82) is 0 Å². The maximum Gasteiger partial charge on any atom is 0.150 e. The van der Waals surface area contributed by atoms with E-state index in [2.05, 4.69) is 0 Å². The minimum atomic E-state index is -1.40. The Morgan fingerprint density at radius 2 is 0.368 bits per heavy atom. The van der Waals surface area contributed by atoms with E-state index in [1.54, 1.807) is 159 Å². The number of rotatable bonds is 16. The monoisotopic (exact) mass is 1200 g/mol. The van der Waals surface area contributed by atoms with Gasteiger partial charge in [-0.1, -0.05) is 159 Å². The molecule has 15 N–H and O–H groups in total. The van der Waals surface area contributed by atoms with Crippen LogP contribution < -0.4 is 0 Å². The van der Waals surface area contributed by atoms with Gasteiger partial charge in [-0.3, -0.25) is 9.59 Å². The van der Waals surface area contributed by atoms with E-state index in [9.17, 15) is 70.9 Å². The second kappa shape index (κ2) is 27.5. The summed E-state index contributed by atoms with van der Waals surface area (Å²) in [5, 5.41) is 171. The summed E-state index contributed by atoms with van der Waals surface area (Å²) < 4.78 is 0. The molecule has 7 aromatic rings. The van der Waals surface area contributed by atoms with Gasteiger partial charge in [0.05, 0.1) is 0 Å². The number of aromatic hydroxyl groups is 15. The molecule has 7 aromatic carbocycles. The highest BCUT2D eigenvalue weighted by Gasteiger charge is 2.41. The number of hydrogen-bond acceptors (Lipinski definition) is 17. The van der Waals surface area contributed by atoms with Gasteiger partial charge in [-0.2, -0.15) is 0 Å². The Labute approximate surface area is 508 Å². The van der Waals surface area contributed by atoms with Crippen molar-refractivity contribution < 1.29 is 86.2 Å². The molecule has 87 heavy (non-hydrogen) atoms. The third-order valence-electron chi connectivity index (χ3n) is 15.6. The van der Waals surface area contributed by atoms with Gasteiger partial charge in [0.2, 0.25) is 0 Å². The van der Waals surface area contributed by atoms with Crippen molar-refractivity contribution in [3.63, 3.8) is 0 Å². The van der Waals surface area contributed by atoms with Gasteiger partial charge in [0.25, 0.3) is 0 Å². The number of hydrogen-bond donors (Lipinski definition) is 15. The summed E-state index contributed by atoms with van der Waals surface area (Å²) in [4.78, 5) is 20.2. The zero-order chi connectivity index (χ0) is 65.9. The predicted octanol–water partition coefficient (Wildman–Crippen LogP) is 15.6. The normalized spacial score (nSPS) is 11.7. The molecule has 468 valence electrons. The number of carbonyl (C=O) groups is 2. The Kier molecular flexibility index (Phi) is 21.7. The fourth-order valence-electron chi connectivity index (χ4n) is 11.6. The summed E-state index contributed by atoms with van der Waals surface area (Å²) in [5.41, 5.74) is 2.09. The lowest BCUT2D eigenvalue weighted by molar-refractivity contribution is 0.111. The van der Waals surface area contributed by atoms with E-state index in [1.807, 2.05) is 0 Å². The van der Waals surface area contributed by atoms with E-state index >= 15 is 0 Å². The number of phenols is 15. The molecule has 7 rings (SSSR count). The van der Waals surface area contributed by atoms with Crippen LogP contribution in [-0.2, 0) is 0 Å². The molecule has 0 fully saturated rings. The Hall–Kier alpha value is -9.12. The highest BCUT2D eigenvalue weighted by Crippen LogP contribution is 2.61. The van der Waals surface area contributed by atoms with Gasteiger partial charge in [-0.05, 0) is 58.5 Å². The van der Waals surface area contributed by atoms with Gasteiger partial charge >= 0.3 is 0 Å². The molecule has 0 atom stereocenters. The molecule has 0 heterocycles. The van der Waals surface area contributed by atoms with Gasteiger partial charge in [-0.15, -0.1) is 0 Å². The van der Waals surface area contributed by atoms with Crippen LogP contribution in [0.25, 0.3) is 0 Å². The molecule has 0 aliphatic heterocycles. The van der Waals surface area contributed by atoms with Crippen LogP contribution in [0.4, 0.5) is 0 Å². The first-order chi connectivity index (χ1) is 40.5. The Morgan fingerprint density at radius 1 is 0.230 bits per heavy atom. The van der Waals surface area contributed by atoms with Crippen molar-refractivity contribution in [2.24, 2.45) is 0 Å². The van der Waals surface area contributed by atoms with Crippen LogP contribution >= 0.6 is 0 Å². The molecule has 0 unspecified atom stereocenters. The van der Waals surface area contributed by atoms with Crippen LogP contribution in [-0.4, -0.2) is 89.2 Å². The molecule has 0 spiro atoms. The lowest BCUT2D eigenvalue weighted by Gasteiger charge is -2.31. The fourth-order valence-corrected chi connectivity index (χ4v) is 11.6. The number of phenolic OH excluding ortho intramolecular Hbond substituents is 15. The highest BCUT2D eigenvalue weighted by molar-refractivity contribution is 5.80. The minimum Gasteiger partial charge on any atom is -0.508 e. The Morgan fingerprint density at radius 3 is 0.494 bits per heavy atom. The number of benzene rings is 7. The van der Waals surface area contributed by atoms with Crippen LogP contribution in [0.3, 0.4) is 0 Å². The van der Waals surface area contributed by atoms with Crippen LogP contribution in [0.1, 0.15) is 269 Å². The number of carbonyl (C=O) groups excluding carboxylic acids is 2. The molecular weight excluding hydrogens is 1110 g/mol. The van der Waals surface area contributed by atoms with Crippen LogP contribution in [0, 0.1) is 0 Å². The molecule has 0 bridgehead atoms. The van der Waals surface area contributed by atoms with E-state index in [-0.39, 0.29) is 118 Å². The summed E-state index contributed by atoms with van der Waals surface area (Å²) in [5.74, 6) is -12.2. The molecule has 0 saturated heterocycles. The molecule has 0 aliphatic rings. The molecule has 0 saturated carbocycles. The summed E-state index contributed by atoms with van der Waals surface area (Å²) in [7, 11) is 0. The maximum absolute atomic E-state index is 12.3. The first-order valence-electron chi connectivity index (χ1n) is 29.1. The highest BCUT2D eigenvalue weighted by atomic mass is 16.3. The van der Waals surface area contributed by atoms with E-state index in [1.165, 1.54) is 0 Å². The first kappa shape index (κ1) is 68.7. The third kappa shape index (κ3) is 13.5. The quantitative estimate of drug-likeness (QED) is 0.0316. The molecule has 0 amide bonds. The number of aldehydes is 2. The average Bonchev–Trinajstić information content (AvgIpc) is 0.774. The van der Waals surface area contributed by atoms with E-state index in [0.29, 0.717) is 11.1 Å². The Bertz CT molecular complexity index is 3080. The van der Waals surface area contributed by atoms with Crippen molar-refractivity contribution in [2.75, 3.05) is 0 Å². The minimum absolute atomic E-state index is 0.120. The summed E-state index contributed by atoms with van der Waals surface area (Å²) in [6, 6.07) is 16.2. The van der Waals surface area contributed by atoms with Crippen molar-refractivity contribution >= 4 is 12.6 Å². The van der Waals surface area contributed by atoms with Crippen molar-refractivity contribution in [3.8, 4) is 86.2 Å². The molecular formula is C70H86O17. The zero-order valence-corrected chi connectivity index (χ0v) is 52.3. The van der Waals surface area contributed by atoms with Gasteiger partial charge in [0.1, 0.15) is 98.8 Å². The summed E-state index contributed by atoms with van der Waals surface area (Å²) in [6.45, 7) is 28.2. The largest absolute Gasteiger partial charge is 0.508 e. The molecule has 0 aromatic heterocycles. The van der Waals surface area contributed by atoms with Gasteiger partial charge in [-0.25, -0.2) is 0 Å². The van der Waals surface area contributed by atoms with Gasteiger partial charge < -0.3 is 76.6 Å². The lowest BCUT2D eigenvalue weighted by Crippen LogP contribution is -2.13. The molecule has 0 radical (unpaired) electrons. The lowest BCUT2D eigenvalue weighted by atomic mass is 9.74. The van der Waals surface area contributed by atoms with Crippen LogP contribution in [0.2, 0.25) is 0 Å². The first-order valence-corrected chi connectivity index (χ1v) is 29.1. The zero-order valence-electron chi connectivity index (χ0n) is 52.3. The summed E-state index contributed by atoms with van der Waals surface area (Å²) >= 11 is 0. The third-order valence-corrected chi connectivity index (χ3v) is 15.6. The van der Waals surface area contributed by atoms with Crippen LogP contribution in [0.15, 0.2) is 66.7 Å².